The van der Waals surface area contributed by atoms with Crippen LogP contribution in [0.3, 0.4) is 0 Å². The quantitative estimate of drug-likeness (QED) is 0.734. The molecule has 18 heavy (non-hydrogen) atoms. The zero-order chi connectivity index (χ0) is 13.9. The first-order valence-electron chi connectivity index (χ1n) is 5.25. The van der Waals surface area contributed by atoms with Gasteiger partial charge in [-0.15, -0.1) is 0 Å². The molecule has 0 spiro atoms. The zero-order valence-electron chi connectivity index (χ0n) is 10.1. The lowest BCUT2D eigenvalue weighted by Crippen LogP contribution is -2.24. The summed E-state index contributed by atoms with van der Waals surface area (Å²) in [4.78, 5) is 11.1. The van der Waals surface area contributed by atoms with Gasteiger partial charge in [0.1, 0.15) is 0 Å². The first-order valence-corrected chi connectivity index (χ1v) is 6.69. The van der Waals surface area contributed by atoms with E-state index in [0.717, 1.165) is 10.6 Å². The molecule has 1 aromatic rings. The lowest BCUT2D eigenvalue weighted by molar-refractivity contribution is 0.181. The minimum atomic E-state index is -4.59. The molecule has 0 saturated carbocycles. The Kier molecular flexibility index (Phi) is 4.49. The molecular formula is C10H15NO6S. The fourth-order valence-electron chi connectivity index (χ4n) is 1.61. The Hall–Kier alpha value is -1.38. The molecule has 102 valence electrons. The average Bonchev–Trinajstić information content (AvgIpc) is 2.25. The van der Waals surface area contributed by atoms with E-state index in [4.69, 9.17) is 9.29 Å². The van der Waals surface area contributed by atoms with Gasteiger partial charge in [-0.1, -0.05) is 6.92 Å². The van der Waals surface area contributed by atoms with Crippen molar-refractivity contribution in [3.63, 3.8) is 0 Å². The predicted octanol–water partition coefficient (Wildman–Crippen LogP) is 0.00940. The van der Waals surface area contributed by atoms with Crippen LogP contribution < -0.4 is 5.56 Å². The van der Waals surface area contributed by atoms with Crippen molar-refractivity contribution in [1.82, 2.24) is 4.57 Å². The third-order valence-electron chi connectivity index (χ3n) is 2.47. The Morgan fingerprint density at radius 2 is 2.06 bits per heavy atom. The Balaban J connectivity index is 3.54. The number of nitrogens with zero attached hydrogens (tertiary/aromatic N) is 1. The molecule has 0 atom stereocenters. The van der Waals surface area contributed by atoms with Gasteiger partial charge in [-0.2, -0.15) is 8.42 Å². The fourth-order valence-corrected chi connectivity index (χ4v) is 2.48. The Morgan fingerprint density at radius 1 is 1.44 bits per heavy atom. The smallest absolute Gasteiger partial charge is 0.300 e. The highest BCUT2D eigenvalue weighted by atomic mass is 32.2. The van der Waals surface area contributed by atoms with Crippen molar-refractivity contribution in [3.8, 4) is 5.88 Å². The van der Waals surface area contributed by atoms with Gasteiger partial charge in [-0.05, 0) is 12.0 Å². The second-order valence-electron chi connectivity index (χ2n) is 3.63. The maximum Gasteiger partial charge on any atom is 0.300 e. The SMILES string of the molecule is CCc1cc(=O)n(CCOC)c(O)c1S(=O)(=O)O. The summed E-state index contributed by atoms with van der Waals surface area (Å²) in [7, 11) is -3.18. The number of hydrogen-bond acceptors (Lipinski definition) is 5. The molecule has 1 rings (SSSR count). The van der Waals surface area contributed by atoms with Crippen LogP contribution in [0.2, 0.25) is 0 Å². The average molecular weight is 277 g/mol. The van der Waals surface area contributed by atoms with Gasteiger partial charge in [0.2, 0.25) is 5.88 Å². The second kappa shape index (κ2) is 5.51. The molecular weight excluding hydrogens is 262 g/mol. The molecule has 0 fully saturated rings. The summed E-state index contributed by atoms with van der Waals surface area (Å²) in [6.07, 6.45) is 0.197. The number of ether oxygens (including phenoxy) is 1. The second-order valence-corrected chi connectivity index (χ2v) is 4.99. The van der Waals surface area contributed by atoms with E-state index in [-0.39, 0.29) is 25.1 Å². The number of aryl methyl sites for hydroxylation is 1. The van der Waals surface area contributed by atoms with Crippen LogP contribution in [0.5, 0.6) is 5.88 Å². The third-order valence-corrected chi connectivity index (χ3v) is 3.43. The molecule has 0 bridgehead atoms. The maximum atomic E-state index is 11.7. The number of methoxy groups -OCH3 is 1. The monoisotopic (exact) mass is 277 g/mol. The Bertz CT molecular complexity index is 589. The van der Waals surface area contributed by atoms with E-state index in [2.05, 4.69) is 0 Å². The summed E-state index contributed by atoms with van der Waals surface area (Å²) in [6, 6.07) is 1.08. The largest absolute Gasteiger partial charge is 0.493 e. The first-order chi connectivity index (χ1) is 8.32. The van der Waals surface area contributed by atoms with Gasteiger partial charge in [0, 0.05) is 13.2 Å². The van der Waals surface area contributed by atoms with Crippen molar-refractivity contribution >= 4 is 10.1 Å². The lowest BCUT2D eigenvalue weighted by atomic mass is 10.2. The van der Waals surface area contributed by atoms with Gasteiger partial charge in [0.25, 0.3) is 15.7 Å². The van der Waals surface area contributed by atoms with Crippen LogP contribution in [0.1, 0.15) is 12.5 Å². The molecule has 8 heteroatoms. The topological polar surface area (TPSA) is 106 Å². The summed E-state index contributed by atoms with van der Waals surface area (Å²) in [5.41, 5.74) is -0.470. The molecule has 0 unspecified atom stereocenters. The van der Waals surface area contributed by atoms with Gasteiger partial charge < -0.3 is 9.84 Å². The highest BCUT2D eigenvalue weighted by Gasteiger charge is 2.23. The normalized spacial score (nSPS) is 11.7. The number of pyridine rings is 1. The number of hydrogen-bond donors (Lipinski definition) is 2. The van der Waals surface area contributed by atoms with Crippen molar-refractivity contribution in [2.75, 3.05) is 13.7 Å². The summed E-state index contributed by atoms with van der Waals surface area (Å²) in [5.74, 6) is -0.765. The fraction of sp³-hybridized carbons (Fsp3) is 0.500. The van der Waals surface area contributed by atoms with E-state index in [1.807, 2.05) is 0 Å². The molecule has 7 nitrogen and oxygen atoms in total. The van der Waals surface area contributed by atoms with E-state index in [1.165, 1.54) is 7.11 Å². The molecule has 1 aromatic heterocycles. The van der Waals surface area contributed by atoms with Crippen LogP contribution in [-0.2, 0) is 27.8 Å². The third kappa shape index (κ3) is 2.89. The van der Waals surface area contributed by atoms with E-state index in [1.54, 1.807) is 6.92 Å². The molecule has 0 saturated heterocycles. The molecule has 0 radical (unpaired) electrons. The van der Waals surface area contributed by atoms with Crippen molar-refractivity contribution in [1.29, 1.82) is 0 Å². The van der Waals surface area contributed by atoms with Crippen molar-refractivity contribution < 1.29 is 22.8 Å². The van der Waals surface area contributed by atoms with E-state index in [9.17, 15) is 18.3 Å². The van der Waals surface area contributed by atoms with Crippen molar-refractivity contribution in [3.05, 3.63) is 22.0 Å². The van der Waals surface area contributed by atoms with E-state index >= 15 is 0 Å². The van der Waals surface area contributed by atoms with E-state index < -0.39 is 26.5 Å². The van der Waals surface area contributed by atoms with Gasteiger partial charge in [-0.25, -0.2) is 0 Å². The van der Waals surface area contributed by atoms with Crippen LogP contribution in [0.4, 0.5) is 0 Å². The number of aromatic nitrogens is 1. The highest BCUT2D eigenvalue weighted by Crippen LogP contribution is 2.25. The number of aromatic hydroxyl groups is 1. The van der Waals surface area contributed by atoms with Crippen LogP contribution in [-0.4, -0.2) is 36.4 Å². The molecule has 0 aliphatic heterocycles. The van der Waals surface area contributed by atoms with Crippen LogP contribution in [0, 0.1) is 0 Å². The Morgan fingerprint density at radius 3 is 2.50 bits per heavy atom. The molecule has 0 aromatic carbocycles. The molecule has 0 aliphatic carbocycles. The first kappa shape index (κ1) is 14.7. The van der Waals surface area contributed by atoms with Crippen LogP contribution >= 0.6 is 0 Å². The van der Waals surface area contributed by atoms with Gasteiger partial charge in [0.05, 0.1) is 13.2 Å². The minimum Gasteiger partial charge on any atom is -0.493 e. The summed E-state index contributed by atoms with van der Waals surface area (Å²) in [5, 5.41) is 9.81. The van der Waals surface area contributed by atoms with Crippen molar-refractivity contribution in [2.45, 2.75) is 24.8 Å². The zero-order valence-corrected chi connectivity index (χ0v) is 10.9. The summed E-state index contributed by atoms with van der Waals surface area (Å²) >= 11 is 0. The Labute approximate surface area is 104 Å². The number of rotatable bonds is 5. The van der Waals surface area contributed by atoms with Crippen LogP contribution in [0.25, 0.3) is 0 Å². The van der Waals surface area contributed by atoms with E-state index in [0.29, 0.717) is 0 Å². The van der Waals surface area contributed by atoms with Gasteiger partial charge >= 0.3 is 0 Å². The van der Waals surface area contributed by atoms with Crippen LogP contribution in [0.15, 0.2) is 15.8 Å². The summed E-state index contributed by atoms with van der Waals surface area (Å²) in [6.45, 7) is 1.74. The highest BCUT2D eigenvalue weighted by molar-refractivity contribution is 7.86. The molecule has 0 aliphatic rings. The van der Waals surface area contributed by atoms with Crippen molar-refractivity contribution in [2.24, 2.45) is 0 Å². The maximum absolute atomic E-state index is 11.7. The van der Waals surface area contributed by atoms with Gasteiger partial charge in [-0.3, -0.25) is 13.9 Å². The molecule has 1 heterocycles. The predicted molar refractivity (Wildman–Crippen MR) is 63.4 cm³/mol. The minimum absolute atomic E-state index is 0.00627. The summed E-state index contributed by atoms with van der Waals surface area (Å²) < 4.78 is 37.1. The molecule has 0 amide bonds. The molecule has 2 N–H and O–H groups in total. The van der Waals surface area contributed by atoms with Gasteiger partial charge in [0.15, 0.2) is 4.90 Å². The standard InChI is InChI=1S/C10H15NO6S/c1-3-7-6-8(12)11(4-5-17-2)10(13)9(7)18(14,15)16/h6,13H,3-5H2,1-2H3,(H,14,15,16). The lowest BCUT2D eigenvalue weighted by Gasteiger charge is -2.13.